The molecule has 1 aliphatic rings. The summed E-state index contributed by atoms with van der Waals surface area (Å²) >= 11 is 0. The average molecular weight is 411 g/mol. The fourth-order valence-electron chi connectivity index (χ4n) is 4.57. The van der Waals surface area contributed by atoms with Gasteiger partial charge in [0.1, 0.15) is 0 Å². The lowest BCUT2D eigenvalue weighted by atomic mass is 10.2. The molecule has 0 saturated heterocycles. The van der Waals surface area contributed by atoms with E-state index in [1.165, 1.54) is 10.4 Å². The highest BCUT2D eigenvalue weighted by molar-refractivity contribution is 6.99. The second-order valence-electron chi connectivity index (χ2n) is 8.95. The molecule has 2 aromatic rings. The lowest BCUT2D eigenvalue weighted by Crippen LogP contribution is -2.68. The van der Waals surface area contributed by atoms with Crippen molar-refractivity contribution in [1.82, 2.24) is 10.6 Å². The number of rotatable bonds is 7. The van der Waals surface area contributed by atoms with Gasteiger partial charge in [0, 0.05) is 0 Å². The zero-order valence-corrected chi connectivity index (χ0v) is 19.1. The lowest BCUT2D eigenvalue weighted by molar-refractivity contribution is -0.121. The number of likely N-dealkylation sites (N-methyl/N-ethyl adjacent to an activating group) is 1. The van der Waals surface area contributed by atoms with E-state index in [0.29, 0.717) is 6.54 Å². The maximum absolute atomic E-state index is 12.2. The zero-order valence-electron chi connectivity index (χ0n) is 18.1. The fraction of sp³-hybridized carbons (Fsp3) is 0.458. The molecule has 0 bridgehead atoms. The van der Waals surface area contributed by atoms with Gasteiger partial charge in [-0.25, -0.2) is 0 Å². The van der Waals surface area contributed by atoms with Gasteiger partial charge in [-0.2, -0.15) is 0 Å². The van der Waals surface area contributed by atoms with E-state index in [1.54, 1.807) is 7.05 Å². The second kappa shape index (κ2) is 9.24. The van der Waals surface area contributed by atoms with Crippen molar-refractivity contribution in [2.45, 2.75) is 57.2 Å². The van der Waals surface area contributed by atoms with Crippen LogP contribution in [-0.2, 0) is 9.22 Å². The summed E-state index contributed by atoms with van der Waals surface area (Å²) in [6.07, 6.45) is 3.06. The predicted octanol–water partition coefficient (Wildman–Crippen LogP) is 2.82. The van der Waals surface area contributed by atoms with Crippen molar-refractivity contribution in [2.24, 2.45) is 0 Å². The van der Waals surface area contributed by atoms with E-state index < -0.39 is 8.32 Å². The summed E-state index contributed by atoms with van der Waals surface area (Å²) in [6.45, 7) is 7.22. The third-order valence-electron chi connectivity index (χ3n) is 5.88. The third-order valence-corrected chi connectivity index (χ3v) is 10.9. The molecular formula is C24H34N2O2Si. The Morgan fingerprint density at radius 2 is 1.55 bits per heavy atom. The molecule has 0 heterocycles. The smallest absolute Gasteiger partial charge is 0.261 e. The van der Waals surface area contributed by atoms with Gasteiger partial charge >= 0.3 is 0 Å². The quantitative estimate of drug-likeness (QED) is 0.690. The van der Waals surface area contributed by atoms with Crippen LogP contribution in [0.2, 0.25) is 5.04 Å². The van der Waals surface area contributed by atoms with Crippen LogP contribution in [0.5, 0.6) is 0 Å². The molecule has 2 aromatic carbocycles. The number of carbonyl (C=O) groups excluding carboxylic acids is 1. The molecule has 1 fully saturated rings. The van der Waals surface area contributed by atoms with Gasteiger partial charge in [-0.15, -0.1) is 0 Å². The van der Waals surface area contributed by atoms with Gasteiger partial charge < -0.3 is 15.1 Å². The topological polar surface area (TPSA) is 50.4 Å². The molecule has 0 aromatic heterocycles. The van der Waals surface area contributed by atoms with E-state index in [0.717, 1.165) is 19.3 Å². The van der Waals surface area contributed by atoms with Crippen LogP contribution < -0.4 is 21.0 Å². The molecule has 1 aliphatic carbocycles. The molecule has 0 aliphatic heterocycles. The maximum atomic E-state index is 12.2. The van der Waals surface area contributed by atoms with Gasteiger partial charge in [-0.1, -0.05) is 81.4 Å². The van der Waals surface area contributed by atoms with Crippen LogP contribution in [0.1, 0.15) is 40.0 Å². The molecule has 0 spiro atoms. The van der Waals surface area contributed by atoms with Crippen molar-refractivity contribution in [3.63, 3.8) is 0 Å². The fourth-order valence-corrected chi connectivity index (χ4v) is 9.32. The first-order valence-electron chi connectivity index (χ1n) is 10.6. The van der Waals surface area contributed by atoms with Crippen molar-refractivity contribution in [3.8, 4) is 0 Å². The van der Waals surface area contributed by atoms with Crippen LogP contribution in [0, 0.1) is 0 Å². The van der Waals surface area contributed by atoms with Crippen molar-refractivity contribution in [3.05, 3.63) is 60.7 Å². The van der Waals surface area contributed by atoms with Gasteiger partial charge in [-0.3, -0.25) is 4.79 Å². The summed E-state index contributed by atoms with van der Waals surface area (Å²) in [4.78, 5) is 12.2. The molecule has 5 heteroatoms. The Labute approximate surface area is 176 Å². The highest BCUT2D eigenvalue weighted by Crippen LogP contribution is 2.39. The number of nitrogens with one attached hydrogen (secondary N) is 2. The Balaban J connectivity index is 2.03. The molecule has 29 heavy (non-hydrogen) atoms. The number of hydrogen-bond acceptors (Lipinski definition) is 3. The first-order valence-corrected chi connectivity index (χ1v) is 12.5. The van der Waals surface area contributed by atoms with Gasteiger partial charge in [0.25, 0.3) is 8.32 Å². The van der Waals surface area contributed by atoms with E-state index in [1.807, 2.05) is 0 Å². The monoisotopic (exact) mass is 410 g/mol. The first-order chi connectivity index (χ1) is 13.9. The second-order valence-corrected chi connectivity index (χ2v) is 13.2. The third kappa shape index (κ3) is 4.63. The molecular weight excluding hydrogens is 376 g/mol. The summed E-state index contributed by atoms with van der Waals surface area (Å²) < 4.78 is 7.23. The average Bonchev–Trinajstić information content (AvgIpc) is 3.13. The first kappa shape index (κ1) is 21.7. The molecule has 1 saturated carbocycles. The Bertz CT molecular complexity index is 750. The van der Waals surface area contributed by atoms with Crippen LogP contribution in [0.4, 0.5) is 0 Å². The van der Waals surface area contributed by atoms with Crippen LogP contribution >= 0.6 is 0 Å². The molecule has 2 N–H and O–H groups in total. The summed E-state index contributed by atoms with van der Waals surface area (Å²) in [5.74, 6) is 0.0375. The standard InChI is InChI=1S/C24H34N2O2Si/c1-24(2,3)29(19-12-7-5-8-13-19,20-14-9-6-10-15-20)28-22-17-11-16-21(22)26-23(27)18-25-4/h5-10,12-15,21-22,25H,11,16-18H2,1-4H3,(H,26,27)/t21-,22+/m1/s1. The Morgan fingerprint density at radius 3 is 2.03 bits per heavy atom. The molecule has 156 valence electrons. The summed E-state index contributed by atoms with van der Waals surface area (Å²) in [7, 11) is -0.796. The normalized spacial score (nSPS) is 19.9. The van der Waals surface area contributed by atoms with E-state index in [-0.39, 0.29) is 23.1 Å². The maximum Gasteiger partial charge on any atom is 0.261 e. The SMILES string of the molecule is CNCC(=O)N[C@@H]1CCC[C@@H]1O[Si](c1ccccc1)(c1ccccc1)C(C)(C)C. The number of benzene rings is 2. The molecule has 4 nitrogen and oxygen atoms in total. The highest BCUT2D eigenvalue weighted by atomic mass is 28.4. The van der Waals surface area contributed by atoms with Crippen molar-refractivity contribution >= 4 is 24.6 Å². The lowest BCUT2D eigenvalue weighted by Gasteiger charge is -2.45. The number of amides is 1. The zero-order chi connectivity index (χ0) is 20.9. The number of carbonyl (C=O) groups is 1. The molecule has 0 radical (unpaired) electrons. The van der Waals surface area contributed by atoms with Crippen molar-refractivity contribution in [2.75, 3.05) is 13.6 Å². The summed E-state index contributed by atoms with van der Waals surface area (Å²) in [5, 5.41) is 8.65. The Hall–Kier alpha value is -1.95. The summed E-state index contributed by atoms with van der Waals surface area (Å²) in [6, 6.07) is 21.5. The minimum Gasteiger partial charge on any atom is -0.402 e. The molecule has 2 atom stereocenters. The van der Waals surface area contributed by atoms with Crippen LogP contribution in [-0.4, -0.2) is 40.0 Å². The number of hydrogen-bond donors (Lipinski definition) is 2. The van der Waals surface area contributed by atoms with Gasteiger partial charge in [-0.05, 0) is 41.7 Å². The predicted molar refractivity (Wildman–Crippen MR) is 122 cm³/mol. The highest BCUT2D eigenvalue weighted by Gasteiger charge is 2.52. The van der Waals surface area contributed by atoms with Crippen LogP contribution in [0.25, 0.3) is 0 Å². The minimum atomic E-state index is -2.59. The Morgan fingerprint density at radius 1 is 1.00 bits per heavy atom. The largest absolute Gasteiger partial charge is 0.402 e. The van der Waals surface area contributed by atoms with Crippen molar-refractivity contribution in [1.29, 1.82) is 0 Å². The van der Waals surface area contributed by atoms with Gasteiger partial charge in [0.2, 0.25) is 5.91 Å². The van der Waals surface area contributed by atoms with Crippen LogP contribution in [0.15, 0.2) is 60.7 Å². The van der Waals surface area contributed by atoms with Gasteiger partial charge in [0.05, 0.1) is 18.7 Å². The van der Waals surface area contributed by atoms with Crippen molar-refractivity contribution < 1.29 is 9.22 Å². The molecule has 3 rings (SSSR count). The van der Waals surface area contributed by atoms with E-state index >= 15 is 0 Å². The van der Waals surface area contributed by atoms with E-state index in [2.05, 4.69) is 92.1 Å². The molecule has 1 amide bonds. The van der Waals surface area contributed by atoms with E-state index in [4.69, 9.17) is 4.43 Å². The summed E-state index contributed by atoms with van der Waals surface area (Å²) in [5.41, 5.74) is 0. The minimum absolute atomic E-state index is 0.0297. The van der Waals surface area contributed by atoms with Crippen LogP contribution in [0.3, 0.4) is 0 Å². The van der Waals surface area contributed by atoms with E-state index in [9.17, 15) is 4.79 Å². The Kier molecular flexibility index (Phi) is 6.93. The van der Waals surface area contributed by atoms with Gasteiger partial charge in [0.15, 0.2) is 0 Å². The molecule has 0 unspecified atom stereocenters.